The van der Waals surface area contributed by atoms with Crippen LogP contribution in [-0.4, -0.2) is 184 Å². The molecule has 1 N–H and O–H groups in total. The van der Waals surface area contributed by atoms with Gasteiger partial charge in [0.15, 0.2) is 0 Å². The van der Waals surface area contributed by atoms with Gasteiger partial charge in [-0.1, -0.05) is 75.1 Å². The molecule has 25 heteroatoms. The predicted octanol–water partition coefficient (Wildman–Crippen LogP) is 11.7. The fraction of sp³-hybridized carbons (Fsp3) is 0.652. The monoisotopic (exact) mass is 1330 g/mol. The second-order valence-corrected chi connectivity index (χ2v) is 23.1. The Hall–Kier alpha value is -6.03. The number of hydrogen-bond donors (Lipinski definition) is 1. The fourth-order valence-corrected chi connectivity index (χ4v) is 10.5. The minimum atomic E-state index is -2.63. The molecule has 8 rings (SSSR count). The number of halogens is 5. The van der Waals surface area contributed by atoms with Crippen LogP contribution in [0.3, 0.4) is 0 Å². The summed E-state index contributed by atoms with van der Waals surface area (Å²) in [6, 6.07) is 19.7. The Labute approximate surface area is 552 Å². The van der Waals surface area contributed by atoms with Crippen molar-refractivity contribution >= 4 is 11.7 Å². The van der Waals surface area contributed by atoms with E-state index in [4.69, 9.17) is 47.4 Å². The molecule has 94 heavy (non-hydrogen) atoms. The van der Waals surface area contributed by atoms with Gasteiger partial charge in [0.25, 0.3) is 0 Å². The van der Waals surface area contributed by atoms with E-state index in [1.165, 1.54) is 25.7 Å². The number of Topliss-reactive ketones (excluding diaryl/α,β-unsaturated/α-hetero) is 1. The molecule has 0 radical (unpaired) electrons. The molecule has 3 fully saturated rings. The van der Waals surface area contributed by atoms with Gasteiger partial charge in [-0.05, 0) is 89.1 Å². The Kier molecular flexibility index (Phi) is 38.7. The minimum Gasteiger partial charge on any atom is -0.497 e. The molecule has 526 valence electrons. The van der Waals surface area contributed by atoms with Gasteiger partial charge in [0.2, 0.25) is 11.8 Å². The van der Waals surface area contributed by atoms with Crippen LogP contribution in [0.15, 0.2) is 79.3 Å². The van der Waals surface area contributed by atoms with Gasteiger partial charge in [0, 0.05) is 74.0 Å². The van der Waals surface area contributed by atoms with Crippen molar-refractivity contribution in [2.75, 3.05) is 119 Å². The van der Waals surface area contributed by atoms with E-state index in [1.807, 2.05) is 81.7 Å². The van der Waals surface area contributed by atoms with Crippen LogP contribution in [-0.2, 0) is 67.1 Å². The Bertz CT molecular complexity index is 2770. The van der Waals surface area contributed by atoms with Gasteiger partial charge < -0.3 is 57.3 Å². The van der Waals surface area contributed by atoms with Crippen LogP contribution in [0.4, 0.5) is 22.0 Å². The first-order chi connectivity index (χ1) is 45.7. The van der Waals surface area contributed by atoms with Gasteiger partial charge in [0.05, 0.1) is 132 Å². The average Bonchev–Trinajstić information content (AvgIpc) is 1.49. The summed E-state index contributed by atoms with van der Waals surface area (Å²) in [5.74, 6) is -4.16. The lowest BCUT2D eigenvalue weighted by Gasteiger charge is -2.33. The van der Waals surface area contributed by atoms with E-state index in [1.54, 1.807) is 18.0 Å². The first-order valence-corrected chi connectivity index (χ1v) is 33.5. The quantitative estimate of drug-likeness (QED) is 0.0285. The zero-order valence-corrected chi connectivity index (χ0v) is 56.1. The first kappa shape index (κ1) is 78.7. The summed E-state index contributed by atoms with van der Waals surface area (Å²) in [5, 5.41) is 19.6. The van der Waals surface area contributed by atoms with Gasteiger partial charge in [-0.25, -0.2) is 26.6 Å². The van der Waals surface area contributed by atoms with Crippen LogP contribution < -0.4 is 14.8 Å². The molecule has 0 bridgehead atoms. The molecule has 4 atom stereocenters. The number of benzene rings is 3. The van der Waals surface area contributed by atoms with Crippen molar-refractivity contribution in [1.82, 2.24) is 40.0 Å². The number of methoxy groups -OCH3 is 1. The van der Waals surface area contributed by atoms with Crippen molar-refractivity contribution in [3.05, 3.63) is 119 Å². The molecule has 1 aliphatic heterocycles. The van der Waals surface area contributed by atoms with Crippen molar-refractivity contribution < 1.29 is 78.9 Å². The highest BCUT2D eigenvalue weighted by atomic mass is 19.3. The highest BCUT2D eigenvalue weighted by Gasteiger charge is 2.38. The zero-order valence-electron chi connectivity index (χ0n) is 56.1. The second kappa shape index (κ2) is 46.2. The number of ketones is 1. The van der Waals surface area contributed by atoms with Crippen molar-refractivity contribution in [3.63, 3.8) is 0 Å². The molecule has 3 heterocycles. The van der Waals surface area contributed by atoms with Crippen molar-refractivity contribution in [2.45, 2.75) is 168 Å². The number of alkyl halides is 2. The van der Waals surface area contributed by atoms with Gasteiger partial charge in [0.1, 0.15) is 59.2 Å². The van der Waals surface area contributed by atoms with Crippen LogP contribution in [0.25, 0.3) is 0 Å². The number of amides is 1. The van der Waals surface area contributed by atoms with Crippen LogP contribution in [0.1, 0.15) is 146 Å². The number of likely N-dealkylation sites (tertiary alicyclic amines) is 1. The summed E-state index contributed by atoms with van der Waals surface area (Å²) in [4.78, 5) is 27.5. The Balaban J connectivity index is 0.000000333. The molecule has 5 aromatic rings. The Morgan fingerprint density at radius 3 is 1.77 bits per heavy atom. The number of carbonyl (C=O) groups excluding carboxylic acids is 2. The van der Waals surface area contributed by atoms with E-state index < -0.39 is 41.1 Å². The molecule has 2 aromatic heterocycles. The van der Waals surface area contributed by atoms with Crippen molar-refractivity contribution in [3.8, 4) is 11.5 Å². The fourth-order valence-electron chi connectivity index (χ4n) is 10.5. The van der Waals surface area contributed by atoms with Crippen molar-refractivity contribution in [2.24, 2.45) is 5.92 Å². The summed E-state index contributed by atoms with van der Waals surface area (Å²) in [6.45, 7) is 18.5. The van der Waals surface area contributed by atoms with Gasteiger partial charge in [-0.3, -0.25) is 14.5 Å². The van der Waals surface area contributed by atoms with Crippen LogP contribution >= 0.6 is 0 Å². The average molecular weight is 1330 g/mol. The van der Waals surface area contributed by atoms with Gasteiger partial charge >= 0.3 is 0 Å². The molecule has 2 saturated carbocycles. The van der Waals surface area contributed by atoms with E-state index in [9.17, 15) is 31.5 Å². The third kappa shape index (κ3) is 31.2. The maximum Gasteiger partial charge on any atom is 0.248 e. The maximum absolute atomic E-state index is 13.6. The highest BCUT2D eigenvalue weighted by molar-refractivity contribution is 5.81. The third-order valence-corrected chi connectivity index (χ3v) is 16.2. The molecular weight excluding hydrogens is 1230 g/mol. The number of nitrogens with one attached hydrogen (secondary N) is 1. The standard InChI is InChI=1S/C36H50F3N3O11.C27H39F2N5O.C4H8.C2H6/c1-44-32-2-4-33(5-3-32)53-23-22-51-19-18-49-16-17-50-20-21-52-28-30-27-42(41-40-30)7-9-46-11-13-48-15-14-47-12-10-45-8-6-31(43)26-34-35(38)24-29(37)25-36(34)39;1-19-9-10-24(17-20(2)34-18-30-32-21(34)3)33(19)16-13-25(22-7-5-4-6-8-22)31-26(35)23-11-14-27(28,29)15-12-23;1-2-4-3-1;1-2/h2-5,24-25,27H,6-23,26,28H2,1H3;4-8,18-20,23-25H,9-17H2,1-3H3,(H,31,35);1-4H2;1-2H3/t;19?,20?,24?,25-;;/m.0../s1. The number of nitrogens with zero attached hydrogens (tertiary/aromatic N) is 7. The molecule has 3 unspecified atom stereocenters. The molecule has 20 nitrogen and oxygen atoms in total. The summed E-state index contributed by atoms with van der Waals surface area (Å²) in [5.41, 5.74) is 1.33. The number of aromatic nitrogens is 6. The lowest BCUT2D eigenvalue weighted by molar-refractivity contribution is -0.130. The number of carbonyl (C=O) groups is 2. The first-order valence-electron chi connectivity index (χ1n) is 33.5. The number of aryl methyl sites for hydroxylation is 1. The van der Waals surface area contributed by atoms with Gasteiger partial charge in [-0.2, -0.15) is 0 Å². The third-order valence-electron chi connectivity index (χ3n) is 16.2. The van der Waals surface area contributed by atoms with Crippen molar-refractivity contribution in [1.29, 1.82) is 0 Å². The molecule has 0 spiro atoms. The van der Waals surface area contributed by atoms with E-state index in [0.29, 0.717) is 142 Å². The number of ether oxygens (including phenoxy) is 10. The lowest BCUT2D eigenvalue weighted by atomic mass is 9.86. The van der Waals surface area contributed by atoms with Crippen LogP contribution in [0.5, 0.6) is 11.5 Å². The molecular formula is C69H103F5N8O12. The molecule has 1 amide bonds. The minimum absolute atomic E-state index is 0.0240. The van der Waals surface area contributed by atoms with E-state index >= 15 is 0 Å². The maximum atomic E-state index is 13.6. The van der Waals surface area contributed by atoms with E-state index in [0.717, 1.165) is 55.1 Å². The van der Waals surface area contributed by atoms with E-state index in [-0.39, 0.29) is 63.2 Å². The Morgan fingerprint density at radius 1 is 0.670 bits per heavy atom. The summed E-state index contributed by atoms with van der Waals surface area (Å²) < 4.78 is 126. The topological polar surface area (TPSA) is 203 Å². The highest BCUT2D eigenvalue weighted by Crippen LogP contribution is 2.37. The van der Waals surface area contributed by atoms with Crippen LogP contribution in [0, 0.1) is 30.3 Å². The molecule has 3 aliphatic rings. The zero-order chi connectivity index (χ0) is 67.6. The Morgan fingerprint density at radius 2 is 1.21 bits per heavy atom. The summed E-state index contributed by atoms with van der Waals surface area (Å²) >= 11 is 0. The summed E-state index contributed by atoms with van der Waals surface area (Å²) in [6.07, 6.45) is 13.4. The number of rotatable bonds is 42. The lowest BCUT2D eigenvalue weighted by Crippen LogP contribution is -2.41. The number of hydrogen-bond acceptors (Lipinski definition) is 17. The largest absolute Gasteiger partial charge is 0.497 e. The normalized spacial score (nSPS) is 16.7. The molecule has 3 aromatic carbocycles. The predicted molar refractivity (Wildman–Crippen MR) is 345 cm³/mol. The summed E-state index contributed by atoms with van der Waals surface area (Å²) in [7, 11) is 1.62. The smallest absolute Gasteiger partial charge is 0.248 e. The van der Waals surface area contributed by atoms with Gasteiger partial charge in [-0.15, -0.1) is 15.3 Å². The van der Waals surface area contributed by atoms with E-state index in [2.05, 4.69) is 49.1 Å². The van der Waals surface area contributed by atoms with Crippen LogP contribution in [0.2, 0.25) is 0 Å². The SMILES string of the molecule is C1CCC1.CC.COc1ccc(OCCOCCOCCOCCOCc2cn(CCOCCOCCOCCOCCC(=O)Cc3c(F)cc(F)cc3F)nn2)cc1.Cc1nncn1C(C)CC1CCC(C)N1CC[C@H](NC(=O)C1CCC(F)(F)CC1)c1ccccc1. The molecule has 2 aliphatic carbocycles. The second-order valence-electron chi connectivity index (χ2n) is 23.1. The molecule has 1 saturated heterocycles.